The maximum atomic E-state index is 12.0. The van der Waals surface area contributed by atoms with Gasteiger partial charge in [0.1, 0.15) is 0 Å². The summed E-state index contributed by atoms with van der Waals surface area (Å²) < 4.78 is 0. The van der Waals surface area contributed by atoms with E-state index in [2.05, 4.69) is 24.4 Å². The maximum Gasteiger partial charge on any atom is 0.222 e. The molecule has 1 aliphatic heterocycles. The van der Waals surface area contributed by atoms with E-state index in [4.69, 9.17) is 0 Å². The van der Waals surface area contributed by atoms with Gasteiger partial charge in [-0.1, -0.05) is 70.4 Å². The summed E-state index contributed by atoms with van der Waals surface area (Å²) in [4.78, 5) is 14.0. The summed E-state index contributed by atoms with van der Waals surface area (Å²) in [6, 6.07) is 0. The third-order valence-electron chi connectivity index (χ3n) is 5.12. The standard InChI is InChI=1S/C22H42N2O/c1-2-3-4-5-6-7-8-9-10-11-12-13-14-15-16-17-22(25)24-20-18-23-19-21-24/h9-10,23H,2-8,11-21H2,1H3/b10-9-. The second kappa shape index (κ2) is 16.6. The molecule has 0 spiro atoms. The molecule has 3 nitrogen and oxygen atoms in total. The summed E-state index contributed by atoms with van der Waals surface area (Å²) in [5.74, 6) is 0.360. The van der Waals surface area contributed by atoms with Crippen LogP contribution in [-0.2, 0) is 4.79 Å². The fraction of sp³-hybridized carbons (Fsp3) is 0.864. The lowest BCUT2D eigenvalue weighted by molar-refractivity contribution is -0.131. The number of nitrogens with zero attached hydrogens (tertiary/aromatic N) is 1. The number of carbonyl (C=O) groups is 1. The molecule has 0 radical (unpaired) electrons. The first-order valence-electron chi connectivity index (χ1n) is 11.0. The van der Waals surface area contributed by atoms with Gasteiger partial charge >= 0.3 is 0 Å². The van der Waals surface area contributed by atoms with Crippen molar-refractivity contribution in [2.24, 2.45) is 0 Å². The first-order chi connectivity index (χ1) is 12.3. The lowest BCUT2D eigenvalue weighted by atomic mass is 10.1. The summed E-state index contributed by atoms with van der Waals surface area (Å²) in [5.41, 5.74) is 0. The Morgan fingerprint density at radius 3 is 1.92 bits per heavy atom. The van der Waals surface area contributed by atoms with Crippen molar-refractivity contribution in [1.29, 1.82) is 0 Å². The molecule has 1 heterocycles. The van der Waals surface area contributed by atoms with Crippen LogP contribution in [0.3, 0.4) is 0 Å². The molecule has 0 aromatic heterocycles. The maximum absolute atomic E-state index is 12.0. The van der Waals surface area contributed by atoms with Crippen molar-refractivity contribution in [3.05, 3.63) is 12.2 Å². The van der Waals surface area contributed by atoms with E-state index < -0.39 is 0 Å². The average Bonchev–Trinajstić information content (AvgIpc) is 2.65. The van der Waals surface area contributed by atoms with Gasteiger partial charge in [-0.2, -0.15) is 0 Å². The van der Waals surface area contributed by atoms with E-state index in [0.29, 0.717) is 5.91 Å². The summed E-state index contributed by atoms with van der Waals surface area (Å²) in [6.45, 7) is 5.97. The van der Waals surface area contributed by atoms with E-state index in [0.717, 1.165) is 39.0 Å². The monoisotopic (exact) mass is 350 g/mol. The molecular weight excluding hydrogens is 308 g/mol. The van der Waals surface area contributed by atoms with Gasteiger partial charge in [0.25, 0.3) is 0 Å². The zero-order valence-corrected chi connectivity index (χ0v) is 16.7. The Morgan fingerprint density at radius 1 is 0.800 bits per heavy atom. The van der Waals surface area contributed by atoms with Gasteiger partial charge in [-0.25, -0.2) is 0 Å². The zero-order chi connectivity index (χ0) is 18.0. The van der Waals surface area contributed by atoms with Crippen LogP contribution < -0.4 is 5.32 Å². The molecule has 0 atom stereocenters. The average molecular weight is 351 g/mol. The van der Waals surface area contributed by atoms with Crippen LogP contribution in [0.15, 0.2) is 12.2 Å². The van der Waals surface area contributed by atoms with E-state index >= 15 is 0 Å². The number of unbranched alkanes of at least 4 members (excludes halogenated alkanes) is 11. The fourth-order valence-corrected chi connectivity index (χ4v) is 3.42. The first-order valence-corrected chi connectivity index (χ1v) is 11.0. The van der Waals surface area contributed by atoms with Crippen molar-refractivity contribution >= 4 is 5.91 Å². The smallest absolute Gasteiger partial charge is 0.222 e. The number of amides is 1. The van der Waals surface area contributed by atoms with Gasteiger partial charge in [0, 0.05) is 32.6 Å². The highest BCUT2D eigenvalue weighted by Crippen LogP contribution is 2.10. The molecule has 0 saturated carbocycles. The molecule has 0 aromatic carbocycles. The van der Waals surface area contributed by atoms with E-state index in [-0.39, 0.29) is 0 Å². The molecule has 1 aliphatic rings. The predicted octanol–water partition coefficient (Wildman–Crippen LogP) is 5.46. The van der Waals surface area contributed by atoms with Crippen LogP contribution in [0.25, 0.3) is 0 Å². The topological polar surface area (TPSA) is 32.3 Å². The van der Waals surface area contributed by atoms with Gasteiger partial charge in [0.15, 0.2) is 0 Å². The van der Waals surface area contributed by atoms with Crippen molar-refractivity contribution in [1.82, 2.24) is 10.2 Å². The quantitative estimate of drug-likeness (QED) is 0.314. The van der Waals surface area contributed by atoms with Gasteiger partial charge in [-0.3, -0.25) is 4.79 Å². The number of hydrogen-bond donors (Lipinski definition) is 1. The minimum Gasteiger partial charge on any atom is -0.340 e. The first kappa shape index (κ1) is 22.2. The molecule has 0 unspecified atom stereocenters. The van der Waals surface area contributed by atoms with E-state index in [9.17, 15) is 4.79 Å². The zero-order valence-electron chi connectivity index (χ0n) is 16.7. The molecule has 0 aliphatic carbocycles. The molecule has 1 rings (SSSR count). The highest BCUT2D eigenvalue weighted by atomic mass is 16.2. The minimum absolute atomic E-state index is 0.360. The second-order valence-corrected chi connectivity index (χ2v) is 7.47. The Kier molecular flexibility index (Phi) is 14.8. The van der Waals surface area contributed by atoms with Crippen LogP contribution in [-0.4, -0.2) is 37.0 Å². The van der Waals surface area contributed by atoms with E-state index in [1.54, 1.807) is 0 Å². The van der Waals surface area contributed by atoms with Gasteiger partial charge in [-0.05, 0) is 32.1 Å². The predicted molar refractivity (Wildman–Crippen MR) is 109 cm³/mol. The Labute approximate surface area is 156 Å². The van der Waals surface area contributed by atoms with Crippen molar-refractivity contribution in [2.45, 2.75) is 96.8 Å². The van der Waals surface area contributed by atoms with Crippen molar-refractivity contribution in [3.8, 4) is 0 Å². The third-order valence-corrected chi connectivity index (χ3v) is 5.12. The Morgan fingerprint density at radius 2 is 1.32 bits per heavy atom. The van der Waals surface area contributed by atoms with Crippen LogP contribution in [0.2, 0.25) is 0 Å². The molecule has 1 fully saturated rings. The lowest BCUT2D eigenvalue weighted by Crippen LogP contribution is -2.46. The largest absolute Gasteiger partial charge is 0.340 e. The molecule has 0 aromatic rings. The minimum atomic E-state index is 0.360. The summed E-state index contributed by atoms with van der Waals surface area (Å²) in [7, 11) is 0. The van der Waals surface area contributed by atoms with E-state index in [1.165, 1.54) is 77.0 Å². The van der Waals surface area contributed by atoms with Crippen molar-refractivity contribution in [2.75, 3.05) is 26.2 Å². The second-order valence-electron chi connectivity index (χ2n) is 7.47. The molecule has 1 N–H and O–H groups in total. The number of allylic oxidation sites excluding steroid dienone is 2. The van der Waals surface area contributed by atoms with Gasteiger partial charge in [0.2, 0.25) is 5.91 Å². The Bertz CT molecular complexity index is 335. The lowest BCUT2D eigenvalue weighted by Gasteiger charge is -2.27. The van der Waals surface area contributed by atoms with Crippen LogP contribution in [0.4, 0.5) is 0 Å². The van der Waals surface area contributed by atoms with Crippen molar-refractivity contribution < 1.29 is 4.79 Å². The highest BCUT2D eigenvalue weighted by molar-refractivity contribution is 5.76. The number of rotatable bonds is 15. The number of piperazine rings is 1. The fourth-order valence-electron chi connectivity index (χ4n) is 3.42. The highest BCUT2D eigenvalue weighted by Gasteiger charge is 2.14. The van der Waals surface area contributed by atoms with Crippen LogP contribution in [0, 0.1) is 0 Å². The summed E-state index contributed by atoms with van der Waals surface area (Å²) in [5, 5.41) is 3.29. The summed E-state index contributed by atoms with van der Waals surface area (Å²) >= 11 is 0. The normalized spacial score (nSPS) is 15.2. The summed E-state index contributed by atoms with van der Waals surface area (Å²) in [6.07, 6.45) is 22.5. The molecular formula is C22H42N2O. The molecule has 1 saturated heterocycles. The van der Waals surface area contributed by atoms with Gasteiger partial charge < -0.3 is 10.2 Å². The van der Waals surface area contributed by atoms with Crippen LogP contribution in [0.1, 0.15) is 96.8 Å². The van der Waals surface area contributed by atoms with Crippen LogP contribution in [0.5, 0.6) is 0 Å². The van der Waals surface area contributed by atoms with Crippen molar-refractivity contribution in [3.63, 3.8) is 0 Å². The van der Waals surface area contributed by atoms with Gasteiger partial charge in [0.05, 0.1) is 0 Å². The molecule has 1 amide bonds. The third kappa shape index (κ3) is 13.1. The van der Waals surface area contributed by atoms with E-state index in [1.807, 2.05) is 4.90 Å². The molecule has 0 bridgehead atoms. The molecule has 25 heavy (non-hydrogen) atoms. The SMILES string of the molecule is CCCCCCCC/C=C\CCCCCCCC(=O)N1CCNCC1. The molecule has 3 heteroatoms. The number of carbonyl (C=O) groups excluding carboxylic acids is 1. The number of hydrogen-bond acceptors (Lipinski definition) is 2. The Hall–Kier alpha value is -0.830. The molecule has 146 valence electrons. The number of nitrogens with one attached hydrogen (secondary N) is 1. The van der Waals surface area contributed by atoms with Gasteiger partial charge in [-0.15, -0.1) is 0 Å². The van der Waals surface area contributed by atoms with Crippen LogP contribution >= 0.6 is 0 Å². The Balaban J connectivity index is 1.79.